The number of rotatable bonds is 8. The van der Waals surface area contributed by atoms with Gasteiger partial charge in [-0.25, -0.2) is 0 Å². The van der Waals surface area contributed by atoms with Crippen LogP contribution in [0.15, 0.2) is 249 Å². The smallest absolute Gasteiger partial charge is 0.0635 e. The minimum absolute atomic E-state index is 0.134. The second-order valence-corrected chi connectivity index (χ2v) is 18.3. The lowest BCUT2D eigenvalue weighted by molar-refractivity contribution is 0.759. The number of para-hydroxylation sites is 1. The molecule has 0 amide bonds. The van der Waals surface area contributed by atoms with Crippen LogP contribution in [0.3, 0.4) is 0 Å². The zero-order chi connectivity index (χ0) is 45.0. The van der Waals surface area contributed by atoms with Gasteiger partial charge in [0.2, 0.25) is 0 Å². The number of anilines is 5. The molecule has 0 N–H and O–H groups in total. The molecule has 2 aliphatic carbocycles. The third-order valence-electron chi connectivity index (χ3n) is 14.5. The molecule has 3 aliphatic rings. The molecule has 0 saturated carbocycles. The van der Waals surface area contributed by atoms with E-state index < -0.39 is 0 Å². The van der Waals surface area contributed by atoms with E-state index in [4.69, 9.17) is 0 Å². The summed E-state index contributed by atoms with van der Waals surface area (Å²) < 4.78 is 0. The zero-order valence-electron chi connectivity index (χ0n) is 37.7. The van der Waals surface area contributed by atoms with Gasteiger partial charge in [-0.05, 0) is 145 Å². The average Bonchev–Trinajstić information content (AvgIpc) is 3.77. The Labute approximate surface area is 398 Å². The summed E-state index contributed by atoms with van der Waals surface area (Å²) in [6.07, 6.45) is 13.8. The molecule has 1 heterocycles. The molecule has 2 unspecified atom stereocenters. The second kappa shape index (κ2) is 16.8. The highest BCUT2D eigenvalue weighted by atomic mass is 15.2. The highest BCUT2D eigenvalue weighted by Crippen LogP contribution is 2.55. The standard InChI is InChI=1S/C66H48N2/c1-3-15-45(16-4-1)46-29-31-47(32-30-46)48-33-38-54(39-34-48)67(55-40-35-50(36-41-55)63-44-52-18-8-9-23-57(52)60-25-11-12-26-61(60)63)56-22-13-19-51(43-56)58-27-14-28-64-65(58)62-42-37-49-17-7-10-24-59(49)66(62)68(64)53-20-5-2-6-21-53/h1-8,10-22,24-44,64-65H,9,23H2. The third-order valence-corrected chi connectivity index (χ3v) is 14.5. The van der Waals surface area contributed by atoms with Gasteiger partial charge >= 0.3 is 0 Å². The first-order valence-corrected chi connectivity index (χ1v) is 24.0. The molecule has 0 radical (unpaired) electrons. The van der Waals surface area contributed by atoms with Gasteiger partial charge in [-0.1, -0.05) is 200 Å². The molecule has 322 valence electrons. The van der Waals surface area contributed by atoms with Gasteiger partial charge in [0.25, 0.3) is 0 Å². The first kappa shape index (κ1) is 39.9. The van der Waals surface area contributed by atoms with Crippen LogP contribution in [0.1, 0.15) is 34.6 Å². The molecule has 0 fully saturated rings. The Hall–Kier alpha value is -8.46. The minimum atomic E-state index is 0.134. The van der Waals surface area contributed by atoms with Crippen LogP contribution >= 0.6 is 0 Å². The number of hydrogen-bond donors (Lipinski definition) is 0. The molecule has 0 spiro atoms. The molecule has 1 aliphatic heterocycles. The zero-order valence-corrected chi connectivity index (χ0v) is 37.7. The summed E-state index contributed by atoms with van der Waals surface area (Å²) in [4.78, 5) is 4.99. The molecule has 68 heavy (non-hydrogen) atoms. The predicted octanol–water partition coefficient (Wildman–Crippen LogP) is 17.7. The topological polar surface area (TPSA) is 6.48 Å². The lowest BCUT2D eigenvalue weighted by atomic mass is 9.80. The van der Waals surface area contributed by atoms with E-state index in [0.717, 1.165) is 29.9 Å². The van der Waals surface area contributed by atoms with Crippen molar-refractivity contribution in [3.8, 4) is 33.4 Å². The largest absolute Gasteiger partial charge is 0.333 e. The Bertz CT molecular complexity index is 3600. The van der Waals surface area contributed by atoms with E-state index >= 15 is 0 Å². The first-order chi connectivity index (χ1) is 33.7. The minimum Gasteiger partial charge on any atom is -0.333 e. The second-order valence-electron chi connectivity index (χ2n) is 18.3. The number of allylic oxidation sites excluding steroid dienone is 3. The van der Waals surface area contributed by atoms with Crippen molar-refractivity contribution >= 4 is 61.6 Å². The van der Waals surface area contributed by atoms with Crippen LogP contribution in [0.5, 0.6) is 0 Å². The Morgan fingerprint density at radius 2 is 1.06 bits per heavy atom. The van der Waals surface area contributed by atoms with Crippen molar-refractivity contribution in [2.24, 2.45) is 0 Å². The first-order valence-electron chi connectivity index (χ1n) is 24.0. The van der Waals surface area contributed by atoms with Crippen LogP contribution in [-0.2, 0) is 6.42 Å². The number of nitrogens with zero attached hydrogens (tertiary/aromatic N) is 2. The quantitative estimate of drug-likeness (QED) is 0.150. The summed E-state index contributed by atoms with van der Waals surface area (Å²) >= 11 is 0. The van der Waals surface area contributed by atoms with E-state index in [9.17, 15) is 0 Å². The molecule has 0 bridgehead atoms. The maximum absolute atomic E-state index is 2.57. The van der Waals surface area contributed by atoms with Gasteiger partial charge in [-0.15, -0.1) is 0 Å². The summed E-state index contributed by atoms with van der Waals surface area (Å²) in [6, 6.07) is 82.9. The summed E-state index contributed by atoms with van der Waals surface area (Å²) in [7, 11) is 0. The van der Waals surface area contributed by atoms with Gasteiger partial charge in [-0.2, -0.15) is 0 Å². The normalized spacial score (nSPS) is 15.8. The van der Waals surface area contributed by atoms with Crippen molar-refractivity contribution < 1.29 is 0 Å². The van der Waals surface area contributed by atoms with Gasteiger partial charge in [0, 0.05) is 34.1 Å². The van der Waals surface area contributed by atoms with E-state index in [2.05, 4.69) is 265 Å². The maximum atomic E-state index is 2.57. The van der Waals surface area contributed by atoms with Gasteiger partial charge in [0.05, 0.1) is 11.7 Å². The van der Waals surface area contributed by atoms with E-state index in [1.165, 1.54) is 94.1 Å². The summed E-state index contributed by atoms with van der Waals surface area (Å²) in [5.74, 6) is 0.150. The molecule has 0 saturated heterocycles. The van der Waals surface area contributed by atoms with E-state index in [1.807, 2.05) is 0 Å². The van der Waals surface area contributed by atoms with Crippen LogP contribution in [0, 0.1) is 0 Å². The molecular formula is C66H48N2. The Morgan fingerprint density at radius 3 is 1.79 bits per heavy atom. The SMILES string of the molecule is C1=CC2C(C(c3cccc(N(c4ccc(-c5ccc(-c6ccccc6)cc5)cc4)c4ccc(-c5cc6c(c7ccccc57)CCC=C6)cc4)c3)=C1)c1ccc3ccccc3c1N2c1ccccc1. The van der Waals surface area contributed by atoms with Gasteiger partial charge in [0.1, 0.15) is 0 Å². The fourth-order valence-corrected chi connectivity index (χ4v) is 11.3. The maximum Gasteiger partial charge on any atom is 0.0635 e. The fraction of sp³-hybridized carbons (Fsp3) is 0.0606. The van der Waals surface area contributed by atoms with Crippen molar-refractivity contribution in [1.82, 2.24) is 0 Å². The molecule has 0 aromatic heterocycles. The fourth-order valence-electron chi connectivity index (χ4n) is 11.3. The van der Waals surface area contributed by atoms with Gasteiger partial charge in [0.15, 0.2) is 0 Å². The molecule has 2 heteroatoms. The Balaban J connectivity index is 0.908. The highest BCUT2D eigenvalue weighted by Gasteiger charge is 2.42. The molecule has 10 aromatic rings. The van der Waals surface area contributed by atoms with E-state index in [1.54, 1.807) is 0 Å². The number of benzene rings is 10. The predicted molar refractivity (Wildman–Crippen MR) is 288 cm³/mol. The summed E-state index contributed by atoms with van der Waals surface area (Å²) in [5, 5.41) is 5.22. The van der Waals surface area contributed by atoms with Crippen molar-refractivity contribution in [3.05, 3.63) is 271 Å². The summed E-state index contributed by atoms with van der Waals surface area (Å²) in [5.41, 5.74) is 19.9. The molecular weight excluding hydrogens is 821 g/mol. The summed E-state index contributed by atoms with van der Waals surface area (Å²) in [6.45, 7) is 0. The van der Waals surface area contributed by atoms with Crippen LogP contribution in [0.25, 0.3) is 66.6 Å². The van der Waals surface area contributed by atoms with Crippen LogP contribution in [-0.4, -0.2) is 6.04 Å². The number of fused-ring (bicyclic) bond motifs is 8. The number of aryl methyl sites for hydroxylation is 1. The molecule has 13 rings (SSSR count). The molecule has 2 atom stereocenters. The van der Waals surface area contributed by atoms with Crippen LogP contribution < -0.4 is 9.80 Å². The van der Waals surface area contributed by atoms with Crippen LogP contribution in [0.4, 0.5) is 28.4 Å². The van der Waals surface area contributed by atoms with Gasteiger partial charge in [-0.3, -0.25) is 0 Å². The third kappa shape index (κ3) is 6.88. The Kier molecular flexibility index (Phi) is 9.83. The van der Waals surface area contributed by atoms with E-state index in [-0.39, 0.29) is 12.0 Å². The van der Waals surface area contributed by atoms with Crippen molar-refractivity contribution in [2.75, 3.05) is 9.80 Å². The van der Waals surface area contributed by atoms with Crippen LogP contribution in [0.2, 0.25) is 0 Å². The number of hydrogen-bond acceptors (Lipinski definition) is 2. The monoisotopic (exact) mass is 868 g/mol. The van der Waals surface area contributed by atoms with E-state index in [0.29, 0.717) is 0 Å². The molecule has 10 aromatic carbocycles. The van der Waals surface area contributed by atoms with Crippen molar-refractivity contribution in [1.29, 1.82) is 0 Å². The molecule has 2 nitrogen and oxygen atoms in total. The van der Waals surface area contributed by atoms with Crippen molar-refractivity contribution in [2.45, 2.75) is 24.8 Å². The lowest BCUT2D eigenvalue weighted by Gasteiger charge is -2.32. The lowest BCUT2D eigenvalue weighted by Crippen LogP contribution is -2.30. The highest BCUT2D eigenvalue weighted by molar-refractivity contribution is 6.03. The van der Waals surface area contributed by atoms with Gasteiger partial charge < -0.3 is 9.80 Å². The van der Waals surface area contributed by atoms with Crippen molar-refractivity contribution in [3.63, 3.8) is 0 Å². The average molecular weight is 869 g/mol. The Morgan fingerprint density at radius 1 is 0.456 bits per heavy atom.